The minimum Gasteiger partial charge on any atom is -0.350 e. The second-order valence-electron chi connectivity index (χ2n) is 8.65. The van der Waals surface area contributed by atoms with E-state index < -0.39 is 12.1 Å². The van der Waals surface area contributed by atoms with Gasteiger partial charge in [0.05, 0.1) is 11.1 Å². The van der Waals surface area contributed by atoms with Crippen molar-refractivity contribution in [3.8, 4) is 11.4 Å². The SMILES string of the molecule is Cn1cc(CNCC2CCN(c3ncc(-c4noc(C(F)(F)F)n4)cn3)CC2)c2c(F)cccc21. The van der Waals surface area contributed by atoms with Crippen LogP contribution in [0.25, 0.3) is 22.3 Å². The van der Waals surface area contributed by atoms with E-state index in [1.54, 1.807) is 6.07 Å². The Bertz CT molecular complexity index is 1310. The standard InChI is InChI=1S/C23H23F4N7O/c1-33-13-16(19-17(24)3-2-4-18(19)33)10-28-9-14-5-7-34(8-6-14)22-29-11-15(12-30-22)20-31-21(35-32-20)23(25,26)27/h2-4,11-14,28H,5-10H2,1H3. The van der Waals surface area contributed by atoms with Crippen LogP contribution >= 0.6 is 0 Å². The maximum atomic E-state index is 14.3. The van der Waals surface area contributed by atoms with E-state index in [9.17, 15) is 17.6 Å². The number of hydrogen-bond acceptors (Lipinski definition) is 7. The maximum Gasteiger partial charge on any atom is 0.471 e. The van der Waals surface area contributed by atoms with Crippen LogP contribution < -0.4 is 10.2 Å². The number of hydrogen-bond donors (Lipinski definition) is 1. The van der Waals surface area contributed by atoms with Gasteiger partial charge in [0.25, 0.3) is 0 Å². The molecular formula is C23H23F4N7O. The van der Waals surface area contributed by atoms with Crippen molar-refractivity contribution in [2.45, 2.75) is 25.6 Å². The maximum absolute atomic E-state index is 14.3. The molecule has 0 amide bonds. The second kappa shape index (κ2) is 9.25. The molecule has 0 aliphatic carbocycles. The highest BCUT2D eigenvalue weighted by Crippen LogP contribution is 2.29. The summed E-state index contributed by atoms with van der Waals surface area (Å²) in [6, 6.07) is 5.11. The third-order valence-electron chi connectivity index (χ3n) is 6.25. The lowest BCUT2D eigenvalue weighted by molar-refractivity contribution is -0.159. The molecule has 1 aromatic carbocycles. The van der Waals surface area contributed by atoms with Crippen LogP contribution in [0.2, 0.25) is 0 Å². The van der Waals surface area contributed by atoms with Crippen molar-refractivity contribution < 1.29 is 22.1 Å². The summed E-state index contributed by atoms with van der Waals surface area (Å²) in [6.07, 6.45) is 1.91. The van der Waals surface area contributed by atoms with Crippen LogP contribution in [0, 0.1) is 11.7 Å². The van der Waals surface area contributed by atoms with E-state index in [1.807, 2.05) is 28.8 Å². The molecule has 0 bridgehead atoms. The number of nitrogens with zero attached hydrogens (tertiary/aromatic N) is 6. The Hall–Kier alpha value is -3.54. The number of anilines is 1. The number of rotatable bonds is 6. The second-order valence-corrected chi connectivity index (χ2v) is 8.65. The van der Waals surface area contributed by atoms with E-state index in [0.717, 1.165) is 43.6 Å². The Labute approximate surface area is 198 Å². The number of alkyl halides is 3. The van der Waals surface area contributed by atoms with E-state index in [-0.39, 0.29) is 17.2 Å². The normalized spacial score (nSPS) is 15.3. The zero-order valence-corrected chi connectivity index (χ0v) is 18.9. The third kappa shape index (κ3) is 4.83. The van der Waals surface area contributed by atoms with Gasteiger partial charge in [-0.25, -0.2) is 14.4 Å². The van der Waals surface area contributed by atoms with Gasteiger partial charge in [-0.3, -0.25) is 0 Å². The lowest BCUT2D eigenvalue weighted by Crippen LogP contribution is -2.38. The minimum atomic E-state index is -4.70. The van der Waals surface area contributed by atoms with E-state index >= 15 is 0 Å². The van der Waals surface area contributed by atoms with Gasteiger partial charge in [-0.05, 0) is 43.0 Å². The van der Waals surface area contributed by atoms with Gasteiger partial charge < -0.3 is 19.3 Å². The molecule has 0 atom stereocenters. The van der Waals surface area contributed by atoms with Crippen molar-refractivity contribution in [2.24, 2.45) is 13.0 Å². The molecule has 184 valence electrons. The molecule has 35 heavy (non-hydrogen) atoms. The molecule has 0 saturated carbocycles. The monoisotopic (exact) mass is 489 g/mol. The van der Waals surface area contributed by atoms with Crippen molar-refractivity contribution in [3.63, 3.8) is 0 Å². The summed E-state index contributed by atoms with van der Waals surface area (Å²) in [5, 5.41) is 7.47. The molecule has 5 rings (SSSR count). The summed E-state index contributed by atoms with van der Waals surface area (Å²) >= 11 is 0. The van der Waals surface area contributed by atoms with Gasteiger partial charge in [-0.15, -0.1) is 0 Å². The summed E-state index contributed by atoms with van der Waals surface area (Å²) in [5.74, 6) is -0.853. The fourth-order valence-electron chi connectivity index (χ4n) is 4.43. The molecule has 0 spiro atoms. The number of piperidine rings is 1. The Kier molecular flexibility index (Phi) is 6.13. The lowest BCUT2D eigenvalue weighted by Gasteiger charge is -2.32. The summed E-state index contributed by atoms with van der Waals surface area (Å²) in [4.78, 5) is 13.9. The molecule has 0 radical (unpaired) electrons. The molecular weight excluding hydrogens is 466 g/mol. The highest BCUT2D eigenvalue weighted by Gasteiger charge is 2.38. The zero-order valence-electron chi connectivity index (χ0n) is 18.9. The molecule has 1 fully saturated rings. The molecule has 4 aromatic rings. The van der Waals surface area contributed by atoms with E-state index in [1.165, 1.54) is 18.5 Å². The first-order valence-electron chi connectivity index (χ1n) is 11.2. The molecule has 8 nitrogen and oxygen atoms in total. The van der Waals surface area contributed by atoms with E-state index in [4.69, 9.17) is 0 Å². The van der Waals surface area contributed by atoms with Crippen LogP contribution in [0.3, 0.4) is 0 Å². The highest BCUT2D eigenvalue weighted by molar-refractivity contribution is 5.84. The fraction of sp³-hybridized carbons (Fsp3) is 0.391. The lowest BCUT2D eigenvalue weighted by atomic mass is 9.97. The van der Waals surface area contributed by atoms with Crippen LogP contribution in [0.1, 0.15) is 24.3 Å². The first-order valence-corrected chi connectivity index (χ1v) is 11.2. The predicted molar refractivity (Wildman–Crippen MR) is 120 cm³/mol. The number of aryl methyl sites for hydroxylation is 1. The first-order chi connectivity index (χ1) is 16.8. The predicted octanol–water partition coefficient (Wildman–Crippen LogP) is 4.18. The highest BCUT2D eigenvalue weighted by atomic mass is 19.4. The topological polar surface area (TPSA) is 84.9 Å². The van der Waals surface area contributed by atoms with Gasteiger partial charge in [-0.1, -0.05) is 11.2 Å². The average molecular weight is 489 g/mol. The smallest absolute Gasteiger partial charge is 0.350 e. The summed E-state index contributed by atoms with van der Waals surface area (Å²) in [5.41, 5.74) is 2.06. The fourth-order valence-corrected chi connectivity index (χ4v) is 4.43. The molecule has 1 aliphatic heterocycles. The number of benzene rings is 1. The van der Waals surface area contributed by atoms with Crippen LogP contribution in [-0.4, -0.2) is 44.3 Å². The number of aromatic nitrogens is 5. The third-order valence-corrected chi connectivity index (χ3v) is 6.25. The summed E-state index contributed by atoms with van der Waals surface area (Å²) in [6.45, 7) is 2.93. The van der Waals surface area contributed by atoms with Gasteiger partial charge in [0, 0.05) is 50.7 Å². The van der Waals surface area contributed by atoms with Crippen molar-refractivity contribution in [1.82, 2.24) is 30.0 Å². The van der Waals surface area contributed by atoms with Gasteiger partial charge in [0.2, 0.25) is 11.8 Å². The van der Waals surface area contributed by atoms with Gasteiger partial charge in [-0.2, -0.15) is 18.2 Å². The Morgan fingerprint density at radius 1 is 1.14 bits per heavy atom. The number of fused-ring (bicyclic) bond motifs is 1. The Morgan fingerprint density at radius 2 is 1.89 bits per heavy atom. The van der Waals surface area contributed by atoms with Crippen LogP contribution in [0.5, 0.6) is 0 Å². The van der Waals surface area contributed by atoms with Crippen molar-refractivity contribution in [2.75, 3.05) is 24.5 Å². The molecule has 4 heterocycles. The molecule has 0 unspecified atom stereocenters. The van der Waals surface area contributed by atoms with Gasteiger partial charge in [0.15, 0.2) is 0 Å². The Balaban J connectivity index is 1.13. The Morgan fingerprint density at radius 3 is 2.57 bits per heavy atom. The summed E-state index contributed by atoms with van der Waals surface area (Å²) in [7, 11) is 1.91. The number of nitrogens with one attached hydrogen (secondary N) is 1. The quantitative estimate of drug-likeness (QED) is 0.407. The first kappa shape index (κ1) is 23.2. The van der Waals surface area contributed by atoms with Crippen molar-refractivity contribution in [1.29, 1.82) is 0 Å². The molecule has 12 heteroatoms. The molecule has 1 aliphatic rings. The largest absolute Gasteiger partial charge is 0.471 e. The average Bonchev–Trinajstić information content (AvgIpc) is 3.46. The molecule has 3 aromatic heterocycles. The van der Waals surface area contributed by atoms with E-state index in [0.29, 0.717) is 23.8 Å². The van der Waals surface area contributed by atoms with Crippen molar-refractivity contribution in [3.05, 3.63) is 54.1 Å². The van der Waals surface area contributed by atoms with Gasteiger partial charge in [0.1, 0.15) is 5.82 Å². The van der Waals surface area contributed by atoms with Crippen LogP contribution in [0.4, 0.5) is 23.5 Å². The molecule has 1 N–H and O–H groups in total. The van der Waals surface area contributed by atoms with Gasteiger partial charge >= 0.3 is 12.1 Å². The molecule has 1 saturated heterocycles. The van der Waals surface area contributed by atoms with Crippen molar-refractivity contribution >= 4 is 16.9 Å². The zero-order chi connectivity index (χ0) is 24.6. The van der Waals surface area contributed by atoms with Crippen LogP contribution in [-0.2, 0) is 19.8 Å². The summed E-state index contributed by atoms with van der Waals surface area (Å²) < 4.78 is 58.4. The minimum absolute atomic E-state index is 0.209. The van der Waals surface area contributed by atoms with Crippen LogP contribution in [0.15, 0.2) is 41.3 Å². The van der Waals surface area contributed by atoms with E-state index in [2.05, 4.69) is 29.9 Å². The number of halogens is 4.